The molecule has 5 amide bonds. The molecule has 3 N–H and O–H groups in total. The molecule has 174 valence electrons. The molecule has 1 fully saturated rings. The van der Waals surface area contributed by atoms with Gasteiger partial charge in [0.05, 0.1) is 11.8 Å². The Kier molecular flexibility index (Phi) is 9.25. The Bertz CT molecular complexity index is 872. The zero-order valence-corrected chi connectivity index (χ0v) is 19.4. The average molecular weight is 463 g/mol. The average Bonchev–Trinajstić information content (AvgIpc) is 2.97. The predicted molar refractivity (Wildman–Crippen MR) is 123 cm³/mol. The molecule has 2 unspecified atom stereocenters. The number of imide groups is 1. The Labute approximate surface area is 193 Å². The van der Waals surface area contributed by atoms with E-state index in [1.54, 1.807) is 6.92 Å². The van der Waals surface area contributed by atoms with Gasteiger partial charge in [-0.1, -0.05) is 26.0 Å². The van der Waals surface area contributed by atoms with Crippen LogP contribution in [0.2, 0.25) is 0 Å². The van der Waals surface area contributed by atoms with Crippen molar-refractivity contribution in [3.63, 3.8) is 0 Å². The Hall–Kier alpha value is -2.88. The molecule has 1 aliphatic heterocycles. The van der Waals surface area contributed by atoms with Crippen molar-refractivity contribution in [2.45, 2.75) is 51.3 Å². The molecule has 0 aromatic heterocycles. The van der Waals surface area contributed by atoms with Crippen molar-refractivity contribution in [3.05, 3.63) is 29.8 Å². The molecule has 1 aromatic rings. The summed E-state index contributed by atoms with van der Waals surface area (Å²) in [6.07, 6.45) is 0.856. The minimum atomic E-state index is -0.804. The number of carbonyl (C=O) groups is 5. The predicted octanol–water partition coefficient (Wildman–Crippen LogP) is 0.892. The van der Waals surface area contributed by atoms with E-state index in [9.17, 15) is 24.0 Å². The number of anilines is 1. The number of amides is 5. The van der Waals surface area contributed by atoms with Crippen LogP contribution >= 0.6 is 12.6 Å². The van der Waals surface area contributed by atoms with Crippen LogP contribution in [0.4, 0.5) is 5.69 Å². The first-order chi connectivity index (χ1) is 15.1. The molecule has 0 radical (unpaired) electrons. The van der Waals surface area contributed by atoms with E-state index in [1.807, 2.05) is 24.3 Å². The van der Waals surface area contributed by atoms with Crippen molar-refractivity contribution in [3.8, 4) is 0 Å². The van der Waals surface area contributed by atoms with E-state index in [0.717, 1.165) is 11.3 Å². The standard InChI is InChI=1S/C22H30N4O5S/c1-13(2)10-15-4-6-16(7-5-15)25-21(30)14(3)24-19(28)12-23-18(27)8-9-26-20(29)11-17(32)22(26)31/h4-7,13-14,17,32H,8-12H2,1-3H3,(H,23,27)(H,24,28)(H,25,30). The molecular weight excluding hydrogens is 432 g/mol. The van der Waals surface area contributed by atoms with Crippen LogP contribution in [-0.4, -0.2) is 58.8 Å². The van der Waals surface area contributed by atoms with E-state index in [1.165, 1.54) is 5.56 Å². The van der Waals surface area contributed by atoms with E-state index in [-0.39, 0.29) is 37.7 Å². The van der Waals surface area contributed by atoms with Crippen molar-refractivity contribution in [1.29, 1.82) is 0 Å². The minimum Gasteiger partial charge on any atom is -0.347 e. The maximum absolute atomic E-state index is 12.3. The van der Waals surface area contributed by atoms with E-state index in [4.69, 9.17) is 0 Å². The number of likely N-dealkylation sites (tertiary alicyclic amines) is 1. The van der Waals surface area contributed by atoms with Crippen LogP contribution in [0.15, 0.2) is 24.3 Å². The molecule has 1 aromatic carbocycles. The number of hydrogen-bond acceptors (Lipinski definition) is 6. The second-order valence-corrected chi connectivity index (χ2v) is 8.83. The van der Waals surface area contributed by atoms with Crippen molar-refractivity contribution in [2.75, 3.05) is 18.4 Å². The molecule has 9 nitrogen and oxygen atoms in total. The van der Waals surface area contributed by atoms with Gasteiger partial charge in [-0.25, -0.2) is 0 Å². The number of nitrogens with one attached hydrogen (secondary N) is 3. The fourth-order valence-corrected chi connectivity index (χ4v) is 3.48. The van der Waals surface area contributed by atoms with Gasteiger partial charge in [-0.2, -0.15) is 12.6 Å². The second-order valence-electron chi connectivity index (χ2n) is 8.20. The van der Waals surface area contributed by atoms with Crippen molar-refractivity contribution in [2.24, 2.45) is 5.92 Å². The van der Waals surface area contributed by atoms with Crippen LogP contribution in [-0.2, 0) is 30.4 Å². The van der Waals surface area contributed by atoms with Crippen LogP contribution < -0.4 is 16.0 Å². The number of thiol groups is 1. The molecule has 1 heterocycles. The summed E-state index contributed by atoms with van der Waals surface area (Å²) < 4.78 is 0. The largest absolute Gasteiger partial charge is 0.347 e. The Morgan fingerprint density at radius 2 is 1.75 bits per heavy atom. The Balaban J connectivity index is 1.70. The summed E-state index contributed by atoms with van der Waals surface area (Å²) in [5, 5.41) is 7.00. The topological polar surface area (TPSA) is 125 Å². The fourth-order valence-electron chi connectivity index (χ4n) is 3.19. The van der Waals surface area contributed by atoms with Crippen molar-refractivity contribution < 1.29 is 24.0 Å². The summed E-state index contributed by atoms with van der Waals surface area (Å²) in [4.78, 5) is 60.7. The van der Waals surface area contributed by atoms with Crippen molar-refractivity contribution >= 4 is 47.9 Å². The molecule has 0 aliphatic carbocycles. The first-order valence-corrected chi connectivity index (χ1v) is 11.1. The molecule has 0 spiro atoms. The second kappa shape index (κ2) is 11.7. The van der Waals surface area contributed by atoms with E-state index in [2.05, 4.69) is 42.4 Å². The van der Waals surface area contributed by atoms with Gasteiger partial charge in [0.2, 0.25) is 29.5 Å². The zero-order valence-electron chi connectivity index (χ0n) is 18.5. The number of nitrogens with zero attached hydrogens (tertiary/aromatic N) is 1. The Morgan fingerprint density at radius 1 is 1.09 bits per heavy atom. The highest BCUT2D eigenvalue weighted by molar-refractivity contribution is 7.81. The summed E-state index contributed by atoms with van der Waals surface area (Å²) in [6, 6.07) is 6.73. The van der Waals surface area contributed by atoms with Crippen LogP contribution in [0.1, 0.15) is 39.2 Å². The monoisotopic (exact) mass is 462 g/mol. The first kappa shape index (κ1) is 25.4. The molecular formula is C22H30N4O5S. The zero-order chi connectivity index (χ0) is 23.8. The molecule has 0 saturated carbocycles. The lowest BCUT2D eigenvalue weighted by Gasteiger charge is -2.16. The van der Waals surface area contributed by atoms with Crippen LogP contribution in [0.5, 0.6) is 0 Å². The summed E-state index contributed by atoms with van der Waals surface area (Å²) >= 11 is 4.02. The summed E-state index contributed by atoms with van der Waals surface area (Å²) in [6.45, 7) is 5.43. The highest BCUT2D eigenvalue weighted by atomic mass is 32.1. The normalized spacial score (nSPS) is 16.8. The van der Waals surface area contributed by atoms with Gasteiger partial charge in [0.15, 0.2) is 0 Å². The van der Waals surface area contributed by atoms with Gasteiger partial charge in [0.25, 0.3) is 0 Å². The molecule has 2 atom stereocenters. The third-order valence-electron chi connectivity index (χ3n) is 4.86. The smallest absolute Gasteiger partial charge is 0.246 e. The van der Waals surface area contributed by atoms with Crippen molar-refractivity contribution in [1.82, 2.24) is 15.5 Å². The maximum atomic E-state index is 12.3. The van der Waals surface area contributed by atoms with Gasteiger partial charge in [-0.05, 0) is 37.0 Å². The van der Waals surface area contributed by atoms with Gasteiger partial charge in [0.1, 0.15) is 6.04 Å². The summed E-state index contributed by atoms with van der Waals surface area (Å²) in [7, 11) is 0. The minimum absolute atomic E-state index is 0.0218. The third-order valence-corrected chi connectivity index (χ3v) is 5.27. The molecule has 10 heteroatoms. The molecule has 2 rings (SSSR count). The highest BCUT2D eigenvalue weighted by Crippen LogP contribution is 2.17. The van der Waals surface area contributed by atoms with Crippen LogP contribution in [0, 0.1) is 5.92 Å². The lowest BCUT2D eigenvalue weighted by atomic mass is 10.0. The molecule has 0 bridgehead atoms. The maximum Gasteiger partial charge on any atom is 0.246 e. The van der Waals surface area contributed by atoms with E-state index >= 15 is 0 Å². The lowest BCUT2D eigenvalue weighted by Crippen LogP contribution is -2.46. The highest BCUT2D eigenvalue weighted by Gasteiger charge is 2.36. The number of hydrogen-bond donors (Lipinski definition) is 4. The lowest BCUT2D eigenvalue weighted by molar-refractivity contribution is -0.138. The van der Waals surface area contributed by atoms with Crippen LogP contribution in [0.25, 0.3) is 0 Å². The number of rotatable bonds is 10. The van der Waals surface area contributed by atoms with Gasteiger partial charge in [-0.3, -0.25) is 28.9 Å². The van der Waals surface area contributed by atoms with Gasteiger partial charge in [-0.15, -0.1) is 0 Å². The quantitative estimate of drug-likeness (QED) is 0.304. The summed E-state index contributed by atoms with van der Waals surface area (Å²) in [5.41, 5.74) is 1.81. The van der Waals surface area contributed by atoms with Gasteiger partial charge >= 0.3 is 0 Å². The third kappa shape index (κ3) is 7.67. The molecule has 1 aliphatic rings. The van der Waals surface area contributed by atoms with Gasteiger partial charge in [0, 0.05) is 25.1 Å². The van der Waals surface area contributed by atoms with E-state index < -0.39 is 29.0 Å². The first-order valence-electron chi connectivity index (χ1n) is 10.5. The SMILES string of the molecule is CC(C)Cc1ccc(NC(=O)C(C)NC(=O)CNC(=O)CCN2C(=O)CC(S)C2=O)cc1. The number of benzene rings is 1. The molecule has 1 saturated heterocycles. The van der Waals surface area contributed by atoms with Crippen LogP contribution in [0.3, 0.4) is 0 Å². The summed E-state index contributed by atoms with van der Waals surface area (Å²) in [5.74, 6) is -1.64. The van der Waals surface area contributed by atoms with Gasteiger partial charge < -0.3 is 16.0 Å². The number of carbonyl (C=O) groups excluding carboxylic acids is 5. The fraction of sp³-hybridized carbons (Fsp3) is 0.500. The Morgan fingerprint density at radius 3 is 2.31 bits per heavy atom. The molecule has 32 heavy (non-hydrogen) atoms. The van der Waals surface area contributed by atoms with E-state index in [0.29, 0.717) is 11.6 Å².